The Kier molecular flexibility index (Phi) is 5.38. The molecule has 0 amide bonds. The number of nitrogens with zero attached hydrogens (tertiary/aromatic N) is 2. The van der Waals surface area contributed by atoms with Crippen LogP contribution in [-0.4, -0.2) is 81.3 Å². The zero-order valence-corrected chi connectivity index (χ0v) is 11.7. The van der Waals surface area contributed by atoms with Gasteiger partial charge in [0.2, 0.25) is 0 Å². The fourth-order valence-corrected chi connectivity index (χ4v) is 2.44. The highest BCUT2D eigenvalue weighted by Crippen LogP contribution is 2.17. The smallest absolute Gasteiger partial charge is 0.116 e. The maximum atomic E-state index is 6.06. The van der Waals surface area contributed by atoms with Gasteiger partial charge in [-0.15, -0.1) is 0 Å². The summed E-state index contributed by atoms with van der Waals surface area (Å²) in [5.41, 5.74) is -0.184. The molecule has 18 heavy (non-hydrogen) atoms. The number of ether oxygens (including phenoxy) is 3. The van der Waals surface area contributed by atoms with Crippen LogP contribution in [0.3, 0.4) is 0 Å². The summed E-state index contributed by atoms with van der Waals surface area (Å²) in [5, 5.41) is 0. The van der Waals surface area contributed by atoms with Crippen molar-refractivity contribution in [3.8, 4) is 0 Å². The van der Waals surface area contributed by atoms with Crippen molar-refractivity contribution >= 4 is 0 Å². The Labute approximate surface area is 110 Å². The Balaban J connectivity index is 1.67. The fraction of sp³-hybridized carbons (Fsp3) is 1.00. The van der Waals surface area contributed by atoms with Crippen molar-refractivity contribution in [2.24, 2.45) is 0 Å². The molecule has 0 aliphatic carbocycles. The van der Waals surface area contributed by atoms with E-state index >= 15 is 0 Å². The van der Waals surface area contributed by atoms with Crippen LogP contribution < -0.4 is 0 Å². The zero-order valence-electron chi connectivity index (χ0n) is 11.7. The molecule has 106 valence electrons. The first-order valence-corrected chi connectivity index (χ1v) is 6.95. The standard InChI is InChI=1S/C13H26N2O3/c1-13(2,15-6-10-17-11-7-15)18-12-5-14-3-8-16-9-4-14/h3-12H2,1-2H3. The number of rotatable bonds is 5. The van der Waals surface area contributed by atoms with E-state index in [1.165, 1.54) is 0 Å². The van der Waals surface area contributed by atoms with Crippen LogP contribution in [0.4, 0.5) is 0 Å². The minimum Gasteiger partial charge on any atom is -0.379 e. The van der Waals surface area contributed by atoms with Gasteiger partial charge in [-0.3, -0.25) is 9.80 Å². The van der Waals surface area contributed by atoms with Crippen LogP contribution in [0.2, 0.25) is 0 Å². The van der Waals surface area contributed by atoms with E-state index < -0.39 is 0 Å². The van der Waals surface area contributed by atoms with Crippen molar-refractivity contribution in [2.75, 3.05) is 65.8 Å². The molecule has 0 bridgehead atoms. The third-order valence-electron chi connectivity index (χ3n) is 3.74. The van der Waals surface area contributed by atoms with Gasteiger partial charge in [-0.2, -0.15) is 0 Å². The average Bonchev–Trinajstić information content (AvgIpc) is 2.41. The molecule has 0 spiro atoms. The van der Waals surface area contributed by atoms with Crippen LogP contribution >= 0.6 is 0 Å². The van der Waals surface area contributed by atoms with Crippen molar-refractivity contribution in [2.45, 2.75) is 19.6 Å². The van der Waals surface area contributed by atoms with Crippen molar-refractivity contribution < 1.29 is 14.2 Å². The third-order valence-corrected chi connectivity index (χ3v) is 3.74. The fourth-order valence-electron chi connectivity index (χ4n) is 2.44. The lowest BCUT2D eigenvalue weighted by Crippen LogP contribution is -2.52. The summed E-state index contributed by atoms with van der Waals surface area (Å²) >= 11 is 0. The van der Waals surface area contributed by atoms with Gasteiger partial charge in [0.15, 0.2) is 0 Å². The van der Waals surface area contributed by atoms with Gasteiger partial charge in [0.05, 0.1) is 33.0 Å². The summed E-state index contributed by atoms with van der Waals surface area (Å²) < 4.78 is 16.8. The van der Waals surface area contributed by atoms with E-state index in [2.05, 4.69) is 23.6 Å². The van der Waals surface area contributed by atoms with Gasteiger partial charge >= 0.3 is 0 Å². The molecule has 2 heterocycles. The quantitative estimate of drug-likeness (QED) is 0.713. The number of hydrogen-bond donors (Lipinski definition) is 0. The molecular weight excluding hydrogens is 232 g/mol. The van der Waals surface area contributed by atoms with Gasteiger partial charge in [-0.25, -0.2) is 0 Å². The summed E-state index contributed by atoms with van der Waals surface area (Å²) in [6.45, 7) is 13.4. The minimum atomic E-state index is -0.184. The molecule has 0 atom stereocenters. The van der Waals surface area contributed by atoms with Crippen molar-refractivity contribution in [3.05, 3.63) is 0 Å². The summed E-state index contributed by atoms with van der Waals surface area (Å²) in [5.74, 6) is 0. The van der Waals surface area contributed by atoms with Crippen LogP contribution in [0.15, 0.2) is 0 Å². The van der Waals surface area contributed by atoms with Gasteiger partial charge in [0.1, 0.15) is 5.72 Å². The molecule has 0 aromatic carbocycles. The first-order chi connectivity index (χ1) is 8.68. The molecule has 0 radical (unpaired) electrons. The van der Waals surface area contributed by atoms with Crippen LogP contribution in [0.5, 0.6) is 0 Å². The van der Waals surface area contributed by atoms with Gasteiger partial charge in [0, 0.05) is 32.7 Å². The highest BCUT2D eigenvalue weighted by atomic mass is 16.5. The summed E-state index contributed by atoms with van der Waals surface area (Å²) in [4.78, 5) is 4.76. The van der Waals surface area contributed by atoms with Crippen molar-refractivity contribution in [3.63, 3.8) is 0 Å². The normalized spacial score (nSPS) is 24.3. The van der Waals surface area contributed by atoms with Crippen LogP contribution in [0.25, 0.3) is 0 Å². The minimum absolute atomic E-state index is 0.184. The Morgan fingerprint density at radius 1 is 0.944 bits per heavy atom. The van der Waals surface area contributed by atoms with E-state index in [9.17, 15) is 0 Å². The SMILES string of the molecule is CC(C)(OCCN1CCOCC1)N1CCOCC1. The van der Waals surface area contributed by atoms with E-state index in [0.29, 0.717) is 0 Å². The summed E-state index contributed by atoms with van der Waals surface area (Å²) in [6, 6.07) is 0. The molecular formula is C13H26N2O3. The zero-order chi connectivity index (χ0) is 12.8. The van der Waals surface area contributed by atoms with Crippen LogP contribution in [-0.2, 0) is 14.2 Å². The maximum absolute atomic E-state index is 6.06. The molecule has 2 fully saturated rings. The molecule has 2 saturated heterocycles. The first kappa shape index (κ1) is 14.2. The Morgan fingerprint density at radius 3 is 2.11 bits per heavy atom. The first-order valence-electron chi connectivity index (χ1n) is 6.95. The predicted octanol–water partition coefficient (Wildman–Crippen LogP) is 0.404. The Morgan fingerprint density at radius 2 is 1.50 bits per heavy atom. The largest absolute Gasteiger partial charge is 0.379 e. The molecule has 5 heteroatoms. The van der Waals surface area contributed by atoms with Gasteiger partial charge in [-0.05, 0) is 13.8 Å². The maximum Gasteiger partial charge on any atom is 0.116 e. The summed E-state index contributed by atoms with van der Waals surface area (Å²) in [6.07, 6.45) is 0. The van der Waals surface area contributed by atoms with E-state index in [1.54, 1.807) is 0 Å². The topological polar surface area (TPSA) is 34.2 Å². The average molecular weight is 258 g/mol. The van der Waals surface area contributed by atoms with Crippen molar-refractivity contribution in [1.29, 1.82) is 0 Å². The number of hydrogen-bond acceptors (Lipinski definition) is 5. The molecule has 0 unspecified atom stereocenters. The van der Waals surface area contributed by atoms with Gasteiger partial charge in [0.25, 0.3) is 0 Å². The second kappa shape index (κ2) is 6.82. The molecule has 0 aromatic rings. The third kappa shape index (κ3) is 4.17. The molecule has 2 rings (SSSR count). The highest BCUT2D eigenvalue weighted by Gasteiger charge is 2.28. The van der Waals surface area contributed by atoms with Gasteiger partial charge < -0.3 is 14.2 Å². The molecule has 2 aliphatic heterocycles. The lowest BCUT2D eigenvalue weighted by atomic mass is 10.2. The van der Waals surface area contributed by atoms with Crippen LogP contribution in [0, 0.1) is 0 Å². The monoisotopic (exact) mass is 258 g/mol. The highest BCUT2D eigenvalue weighted by molar-refractivity contribution is 4.74. The summed E-state index contributed by atoms with van der Waals surface area (Å²) in [7, 11) is 0. The molecule has 0 aromatic heterocycles. The second-order valence-electron chi connectivity index (χ2n) is 5.35. The van der Waals surface area contributed by atoms with E-state index in [4.69, 9.17) is 14.2 Å². The van der Waals surface area contributed by atoms with E-state index in [0.717, 1.165) is 65.8 Å². The Hall–Kier alpha value is -0.200. The van der Waals surface area contributed by atoms with Crippen molar-refractivity contribution in [1.82, 2.24) is 9.80 Å². The Bertz CT molecular complexity index is 236. The van der Waals surface area contributed by atoms with E-state index in [1.807, 2.05) is 0 Å². The van der Waals surface area contributed by atoms with Crippen LogP contribution in [0.1, 0.15) is 13.8 Å². The predicted molar refractivity (Wildman–Crippen MR) is 69.7 cm³/mol. The number of morpholine rings is 2. The lowest BCUT2D eigenvalue weighted by molar-refractivity contribution is -0.159. The van der Waals surface area contributed by atoms with Gasteiger partial charge in [-0.1, -0.05) is 0 Å². The molecule has 5 nitrogen and oxygen atoms in total. The molecule has 0 N–H and O–H groups in total. The second-order valence-corrected chi connectivity index (χ2v) is 5.35. The van der Waals surface area contributed by atoms with E-state index in [-0.39, 0.29) is 5.72 Å². The molecule has 0 saturated carbocycles. The molecule has 2 aliphatic rings. The lowest BCUT2D eigenvalue weighted by Gasteiger charge is -2.40.